The van der Waals surface area contributed by atoms with E-state index in [1.807, 2.05) is 6.07 Å². The second-order valence-electron chi connectivity index (χ2n) is 3.31. The van der Waals surface area contributed by atoms with E-state index in [0.717, 1.165) is 0 Å². The second-order valence-corrected chi connectivity index (χ2v) is 3.31. The largest absolute Gasteiger partial charge is 0.443 e. The summed E-state index contributed by atoms with van der Waals surface area (Å²) in [6.07, 6.45) is 0.278. The number of anilines is 1. The Kier molecular flexibility index (Phi) is 3.46. The molecule has 0 saturated heterocycles. The molecule has 0 unspecified atom stereocenters. The third-order valence-electron chi connectivity index (χ3n) is 2.12. The van der Waals surface area contributed by atoms with Crippen LogP contribution in [0.1, 0.15) is 41.9 Å². The summed E-state index contributed by atoms with van der Waals surface area (Å²) in [5.41, 5.74) is 0.320. The van der Waals surface area contributed by atoms with Gasteiger partial charge in [-0.05, 0) is 13.8 Å². The first-order valence-corrected chi connectivity index (χ1v) is 4.85. The Labute approximate surface area is 93.0 Å². The number of aryl methyl sites for hydroxylation is 1. The van der Waals surface area contributed by atoms with E-state index in [1.165, 1.54) is 6.92 Å². The Hall–Kier alpha value is -2.09. The molecule has 84 valence electrons. The number of nitriles is 1. The van der Waals surface area contributed by atoms with E-state index < -0.39 is 0 Å². The van der Waals surface area contributed by atoms with Crippen molar-refractivity contribution < 1.29 is 14.0 Å². The van der Waals surface area contributed by atoms with Crippen molar-refractivity contribution in [2.24, 2.45) is 0 Å². The zero-order valence-electron chi connectivity index (χ0n) is 9.38. The van der Waals surface area contributed by atoms with Gasteiger partial charge in [0.25, 0.3) is 0 Å². The van der Waals surface area contributed by atoms with Gasteiger partial charge in [0.2, 0.25) is 11.8 Å². The third kappa shape index (κ3) is 2.11. The minimum absolute atomic E-state index is 0.0528. The Morgan fingerprint density at radius 3 is 2.56 bits per heavy atom. The van der Waals surface area contributed by atoms with Gasteiger partial charge in [-0.25, -0.2) is 0 Å². The highest BCUT2D eigenvalue weighted by atomic mass is 16.4. The number of nitrogens with one attached hydrogen (secondary N) is 1. The summed E-state index contributed by atoms with van der Waals surface area (Å²) in [5.74, 6) is -0.123. The van der Waals surface area contributed by atoms with Crippen molar-refractivity contribution in [1.29, 1.82) is 5.26 Å². The second kappa shape index (κ2) is 4.62. The van der Waals surface area contributed by atoms with Crippen LogP contribution in [-0.4, -0.2) is 11.7 Å². The maximum atomic E-state index is 11.3. The molecular weight excluding hydrogens is 208 g/mol. The maximum Gasteiger partial charge on any atom is 0.226 e. The van der Waals surface area contributed by atoms with Crippen LogP contribution >= 0.6 is 0 Å². The smallest absolute Gasteiger partial charge is 0.226 e. The lowest BCUT2D eigenvalue weighted by atomic mass is 10.1. The third-order valence-corrected chi connectivity index (χ3v) is 2.12. The summed E-state index contributed by atoms with van der Waals surface area (Å²) in [7, 11) is 0. The van der Waals surface area contributed by atoms with E-state index in [1.54, 1.807) is 13.8 Å². The van der Waals surface area contributed by atoms with Crippen LogP contribution < -0.4 is 5.32 Å². The average molecular weight is 220 g/mol. The van der Waals surface area contributed by atoms with Crippen LogP contribution in [0.3, 0.4) is 0 Å². The van der Waals surface area contributed by atoms with Gasteiger partial charge in [-0.1, -0.05) is 6.92 Å². The highest BCUT2D eigenvalue weighted by Gasteiger charge is 2.21. The first kappa shape index (κ1) is 12.0. The van der Waals surface area contributed by atoms with Gasteiger partial charge in [0.1, 0.15) is 17.4 Å². The number of amides is 1. The number of carbonyl (C=O) groups excluding carboxylic acids is 2. The van der Waals surface area contributed by atoms with Crippen LogP contribution in [0, 0.1) is 18.3 Å². The molecule has 0 bridgehead atoms. The molecule has 1 heterocycles. The van der Waals surface area contributed by atoms with Gasteiger partial charge in [-0.3, -0.25) is 14.9 Å². The fourth-order valence-corrected chi connectivity index (χ4v) is 1.38. The van der Waals surface area contributed by atoms with Crippen LogP contribution in [-0.2, 0) is 4.79 Å². The van der Waals surface area contributed by atoms with E-state index >= 15 is 0 Å². The molecule has 1 rings (SSSR count). The number of hydrogen-bond acceptors (Lipinski definition) is 4. The summed E-state index contributed by atoms with van der Waals surface area (Å²) in [5, 5.41) is 11.4. The molecule has 5 heteroatoms. The Balaban J connectivity index is 3.22. The van der Waals surface area contributed by atoms with Crippen LogP contribution in [0.2, 0.25) is 0 Å². The maximum absolute atomic E-state index is 11.3. The van der Waals surface area contributed by atoms with E-state index in [0.29, 0.717) is 5.76 Å². The van der Waals surface area contributed by atoms with Crippen molar-refractivity contribution in [2.75, 3.05) is 5.32 Å². The molecular formula is C11H12N2O3. The first-order valence-electron chi connectivity index (χ1n) is 4.85. The van der Waals surface area contributed by atoms with Crippen LogP contribution in [0.25, 0.3) is 0 Å². The van der Waals surface area contributed by atoms with Crippen LogP contribution in [0.5, 0.6) is 0 Å². The lowest BCUT2D eigenvalue weighted by Gasteiger charge is -1.98. The van der Waals surface area contributed by atoms with E-state index in [2.05, 4.69) is 5.32 Å². The standard InChI is InChI=1S/C11H12N2O3/c1-4-9(15)13-11-8(5-12)10(6(2)14)7(3)16-11/h4H2,1-3H3,(H,13,15). The molecule has 0 aromatic carbocycles. The molecule has 16 heavy (non-hydrogen) atoms. The number of ketones is 1. The number of carbonyl (C=O) groups is 2. The minimum atomic E-state index is -0.264. The Morgan fingerprint density at radius 2 is 2.12 bits per heavy atom. The molecule has 0 aliphatic heterocycles. The number of hydrogen-bond donors (Lipinski definition) is 1. The summed E-state index contributed by atoms with van der Waals surface area (Å²) < 4.78 is 5.20. The van der Waals surface area contributed by atoms with Crippen LogP contribution in [0.15, 0.2) is 4.42 Å². The summed E-state index contributed by atoms with van der Waals surface area (Å²) >= 11 is 0. The zero-order chi connectivity index (χ0) is 12.3. The van der Waals surface area contributed by atoms with Crippen molar-refractivity contribution in [2.45, 2.75) is 27.2 Å². The molecule has 0 fully saturated rings. The van der Waals surface area contributed by atoms with Crippen molar-refractivity contribution in [1.82, 2.24) is 0 Å². The number of Topliss-reactive ketones (excluding diaryl/α,β-unsaturated/α-hetero) is 1. The number of furan rings is 1. The number of rotatable bonds is 3. The van der Waals surface area contributed by atoms with Gasteiger partial charge in [0.05, 0.1) is 5.56 Å². The molecule has 0 aliphatic rings. The molecule has 0 atom stereocenters. The molecule has 1 amide bonds. The quantitative estimate of drug-likeness (QED) is 0.790. The molecule has 1 N–H and O–H groups in total. The van der Waals surface area contributed by atoms with Gasteiger partial charge in [0, 0.05) is 6.42 Å². The topological polar surface area (TPSA) is 83.1 Å². The van der Waals surface area contributed by atoms with Gasteiger partial charge < -0.3 is 4.42 Å². The predicted molar refractivity (Wildman–Crippen MR) is 57.1 cm³/mol. The van der Waals surface area contributed by atoms with E-state index in [9.17, 15) is 9.59 Å². The molecule has 1 aromatic heterocycles. The minimum Gasteiger partial charge on any atom is -0.443 e. The summed E-state index contributed by atoms with van der Waals surface area (Å²) in [4.78, 5) is 22.5. The van der Waals surface area contributed by atoms with Gasteiger partial charge in [-0.2, -0.15) is 5.26 Å². The van der Waals surface area contributed by atoms with E-state index in [4.69, 9.17) is 9.68 Å². The predicted octanol–water partition coefficient (Wildman–Crippen LogP) is 2.01. The normalized spacial score (nSPS) is 9.62. The molecule has 0 radical (unpaired) electrons. The summed E-state index contributed by atoms with van der Waals surface area (Å²) in [6, 6.07) is 1.87. The summed E-state index contributed by atoms with van der Waals surface area (Å²) in [6.45, 7) is 4.62. The lowest BCUT2D eigenvalue weighted by molar-refractivity contribution is -0.116. The Morgan fingerprint density at radius 1 is 1.50 bits per heavy atom. The number of nitrogens with zero attached hydrogens (tertiary/aromatic N) is 1. The molecule has 1 aromatic rings. The fraction of sp³-hybridized carbons (Fsp3) is 0.364. The van der Waals surface area contributed by atoms with Crippen molar-refractivity contribution in [3.8, 4) is 6.07 Å². The van der Waals surface area contributed by atoms with E-state index in [-0.39, 0.29) is 35.1 Å². The van der Waals surface area contributed by atoms with Crippen molar-refractivity contribution in [3.63, 3.8) is 0 Å². The SMILES string of the molecule is CCC(=O)Nc1oc(C)c(C(C)=O)c1C#N. The monoisotopic (exact) mass is 220 g/mol. The zero-order valence-corrected chi connectivity index (χ0v) is 9.38. The van der Waals surface area contributed by atoms with Gasteiger partial charge >= 0.3 is 0 Å². The molecule has 0 saturated carbocycles. The average Bonchev–Trinajstić information content (AvgIpc) is 2.53. The van der Waals surface area contributed by atoms with Crippen molar-refractivity contribution in [3.05, 3.63) is 16.9 Å². The molecule has 0 spiro atoms. The molecule has 5 nitrogen and oxygen atoms in total. The van der Waals surface area contributed by atoms with Gasteiger partial charge in [0.15, 0.2) is 5.78 Å². The van der Waals surface area contributed by atoms with Crippen molar-refractivity contribution >= 4 is 17.6 Å². The first-order chi connectivity index (χ1) is 7.51. The fourth-order valence-electron chi connectivity index (χ4n) is 1.38. The van der Waals surface area contributed by atoms with Gasteiger partial charge in [-0.15, -0.1) is 0 Å². The highest BCUT2D eigenvalue weighted by Crippen LogP contribution is 2.26. The van der Waals surface area contributed by atoms with Crippen LogP contribution in [0.4, 0.5) is 5.88 Å². The molecule has 0 aliphatic carbocycles. The lowest BCUT2D eigenvalue weighted by Crippen LogP contribution is -2.10. The Bertz CT molecular complexity index is 480. The highest BCUT2D eigenvalue weighted by molar-refractivity contribution is 6.00.